The molecule has 0 aliphatic rings. The van der Waals surface area contributed by atoms with Crippen LogP contribution in [0.15, 0.2) is 0 Å². The maximum Gasteiger partial charge on any atom is 0.410 e. The number of nitrogens with one attached hydrogen (secondary N) is 1. The van der Waals surface area contributed by atoms with Crippen LogP contribution in [0.3, 0.4) is 0 Å². The number of ether oxygens (including phenoxy) is 2. The maximum absolute atomic E-state index is 11.3. The number of rotatable bonds is 5. The molecule has 16 heavy (non-hydrogen) atoms. The molecule has 0 saturated heterocycles. The zero-order valence-electron chi connectivity index (χ0n) is 10.1. The van der Waals surface area contributed by atoms with Gasteiger partial charge < -0.3 is 14.6 Å². The second kappa shape index (κ2) is 6.32. The van der Waals surface area contributed by atoms with E-state index in [4.69, 9.17) is 14.6 Å². The van der Waals surface area contributed by atoms with Gasteiger partial charge in [0, 0.05) is 6.61 Å². The lowest BCUT2D eigenvalue weighted by Gasteiger charge is -2.21. The first-order chi connectivity index (χ1) is 7.26. The Hall–Kier alpha value is -1.30. The van der Waals surface area contributed by atoms with E-state index in [-0.39, 0.29) is 6.61 Å². The third-order valence-corrected chi connectivity index (χ3v) is 1.36. The largest absolute Gasteiger partial charge is 0.478 e. The zero-order valence-corrected chi connectivity index (χ0v) is 10.1. The minimum atomic E-state index is -1.37. The lowest BCUT2D eigenvalue weighted by molar-refractivity contribution is -0.152. The monoisotopic (exact) mass is 233 g/mol. The normalized spacial score (nSPS) is 13.0. The highest BCUT2D eigenvalue weighted by Crippen LogP contribution is 2.06. The van der Waals surface area contributed by atoms with Crippen molar-refractivity contribution in [3.63, 3.8) is 0 Å². The minimum Gasteiger partial charge on any atom is -0.478 e. The van der Waals surface area contributed by atoms with Crippen LogP contribution in [0.1, 0.15) is 34.1 Å². The average Bonchev–Trinajstić information content (AvgIpc) is 2.08. The second-order valence-electron chi connectivity index (χ2n) is 4.24. The average molecular weight is 233 g/mol. The zero-order chi connectivity index (χ0) is 12.8. The summed E-state index contributed by atoms with van der Waals surface area (Å²) in [6.45, 7) is 7.17. The quantitative estimate of drug-likeness (QED) is 0.700. The fraction of sp³-hybridized carbons (Fsp3) is 0.800. The Bertz CT molecular complexity index is 246. The Kier molecular flexibility index (Phi) is 5.81. The molecule has 0 aromatic heterocycles. The molecule has 0 radical (unpaired) electrons. The summed E-state index contributed by atoms with van der Waals surface area (Å²) in [6.07, 6.45) is -1.51. The molecule has 6 nitrogen and oxygen atoms in total. The van der Waals surface area contributed by atoms with Crippen molar-refractivity contribution in [3.05, 3.63) is 0 Å². The van der Waals surface area contributed by atoms with Crippen molar-refractivity contribution in [2.45, 2.75) is 45.9 Å². The van der Waals surface area contributed by atoms with E-state index in [0.717, 1.165) is 0 Å². The summed E-state index contributed by atoms with van der Waals surface area (Å²) in [6, 6.07) is 0. The maximum atomic E-state index is 11.3. The predicted molar refractivity (Wildman–Crippen MR) is 57.0 cm³/mol. The second-order valence-corrected chi connectivity index (χ2v) is 4.24. The predicted octanol–water partition coefficient (Wildman–Crippen LogP) is 1.35. The van der Waals surface area contributed by atoms with Gasteiger partial charge in [-0.15, -0.1) is 0 Å². The number of carboxylic acid groups (broad SMARTS) is 1. The van der Waals surface area contributed by atoms with Gasteiger partial charge in [-0.05, 0) is 27.2 Å². The summed E-state index contributed by atoms with van der Waals surface area (Å²) < 4.78 is 9.83. The molecule has 0 aliphatic carbocycles. The number of aliphatic carboxylic acids is 1. The van der Waals surface area contributed by atoms with Gasteiger partial charge in [0.1, 0.15) is 5.60 Å². The summed E-state index contributed by atoms with van der Waals surface area (Å²) in [4.78, 5) is 22.0. The molecule has 0 heterocycles. The van der Waals surface area contributed by atoms with Crippen molar-refractivity contribution in [2.24, 2.45) is 0 Å². The van der Waals surface area contributed by atoms with E-state index in [1.165, 1.54) is 0 Å². The van der Waals surface area contributed by atoms with Crippen LogP contribution in [0.4, 0.5) is 4.79 Å². The lowest BCUT2D eigenvalue weighted by atomic mass is 10.2. The van der Waals surface area contributed by atoms with Crippen LogP contribution in [-0.2, 0) is 14.3 Å². The molecular formula is C10H19NO5. The standard InChI is InChI=1S/C10H19NO5/c1-5-6-15-7(8(12)13)11-9(14)16-10(2,3)4/h7H,5-6H2,1-4H3,(H,11,14)(H,12,13). The van der Waals surface area contributed by atoms with E-state index in [1.54, 1.807) is 20.8 Å². The van der Waals surface area contributed by atoms with Crippen LogP contribution in [0, 0.1) is 0 Å². The summed E-state index contributed by atoms with van der Waals surface area (Å²) >= 11 is 0. The molecule has 0 aliphatic heterocycles. The molecule has 0 spiro atoms. The summed E-state index contributed by atoms with van der Waals surface area (Å²) in [5, 5.41) is 10.9. The molecule has 0 saturated carbocycles. The van der Waals surface area contributed by atoms with Crippen LogP contribution < -0.4 is 5.32 Å². The highest BCUT2D eigenvalue weighted by molar-refractivity contribution is 5.78. The number of hydrogen-bond acceptors (Lipinski definition) is 4. The number of carbonyl (C=O) groups is 2. The van der Waals surface area contributed by atoms with Crippen molar-refractivity contribution in [3.8, 4) is 0 Å². The Morgan fingerprint density at radius 2 is 1.94 bits per heavy atom. The molecular weight excluding hydrogens is 214 g/mol. The minimum absolute atomic E-state index is 0.257. The van der Waals surface area contributed by atoms with Gasteiger partial charge in [-0.2, -0.15) is 0 Å². The third-order valence-electron chi connectivity index (χ3n) is 1.36. The smallest absolute Gasteiger partial charge is 0.410 e. The Labute approximate surface area is 94.9 Å². The lowest BCUT2D eigenvalue weighted by Crippen LogP contribution is -2.45. The van der Waals surface area contributed by atoms with E-state index in [0.29, 0.717) is 6.42 Å². The first-order valence-corrected chi connectivity index (χ1v) is 5.10. The van der Waals surface area contributed by atoms with Crippen LogP contribution in [0.5, 0.6) is 0 Å². The Morgan fingerprint density at radius 3 is 2.31 bits per heavy atom. The van der Waals surface area contributed by atoms with E-state index < -0.39 is 23.9 Å². The number of hydrogen-bond donors (Lipinski definition) is 2. The van der Waals surface area contributed by atoms with E-state index in [1.807, 2.05) is 6.92 Å². The SMILES string of the molecule is CCCOC(NC(=O)OC(C)(C)C)C(=O)O. The summed E-state index contributed by atoms with van der Waals surface area (Å²) in [5.74, 6) is -1.25. The highest BCUT2D eigenvalue weighted by Gasteiger charge is 2.23. The van der Waals surface area contributed by atoms with Gasteiger partial charge in [0.2, 0.25) is 6.23 Å². The van der Waals surface area contributed by atoms with Crippen LogP contribution in [0.25, 0.3) is 0 Å². The van der Waals surface area contributed by atoms with E-state index >= 15 is 0 Å². The summed E-state index contributed by atoms with van der Waals surface area (Å²) in [5.41, 5.74) is -0.669. The van der Waals surface area contributed by atoms with E-state index in [9.17, 15) is 9.59 Å². The Morgan fingerprint density at radius 1 is 1.38 bits per heavy atom. The van der Waals surface area contributed by atoms with Crippen molar-refractivity contribution in [1.82, 2.24) is 5.32 Å². The van der Waals surface area contributed by atoms with Gasteiger partial charge in [0.15, 0.2) is 0 Å². The molecule has 1 amide bonds. The number of carboxylic acids is 1. The molecule has 2 N–H and O–H groups in total. The first-order valence-electron chi connectivity index (χ1n) is 5.10. The van der Waals surface area contributed by atoms with Gasteiger partial charge in [0.25, 0.3) is 0 Å². The van der Waals surface area contributed by atoms with Crippen molar-refractivity contribution in [1.29, 1.82) is 0 Å². The molecule has 6 heteroatoms. The number of carbonyl (C=O) groups excluding carboxylic acids is 1. The van der Waals surface area contributed by atoms with Gasteiger partial charge in [-0.1, -0.05) is 6.92 Å². The fourth-order valence-corrected chi connectivity index (χ4v) is 0.825. The van der Waals surface area contributed by atoms with Crippen molar-refractivity contribution >= 4 is 12.1 Å². The third kappa shape index (κ3) is 7.05. The molecule has 94 valence electrons. The van der Waals surface area contributed by atoms with Crippen LogP contribution >= 0.6 is 0 Å². The number of alkyl carbamates (subject to hydrolysis) is 1. The summed E-state index contributed by atoms with van der Waals surface area (Å²) in [7, 11) is 0. The fourth-order valence-electron chi connectivity index (χ4n) is 0.825. The molecule has 0 fully saturated rings. The first kappa shape index (κ1) is 14.7. The van der Waals surface area contributed by atoms with Gasteiger partial charge in [-0.25, -0.2) is 9.59 Å². The number of amides is 1. The van der Waals surface area contributed by atoms with Gasteiger partial charge in [-0.3, -0.25) is 5.32 Å². The molecule has 0 aromatic rings. The van der Waals surface area contributed by atoms with Crippen LogP contribution in [-0.4, -0.2) is 35.6 Å². The van der Waals surface area contributed by atoms with Crippen LogP contribution in [0.2, 0.25) is 0 Å². The van der Waals surface area contributed by atoms with Gasteiger partial charge in [0.05, 0.1) is 0 Å². The molecule has 0 bridgehead atoms. The molecule has 1 atom stereocenters. The highest BCUT2D eigenvalue weighted by atomic mass is 16.6. The Balaban J connectivity index is 4.19. The van der Waals surface area contributed by atoms with Crippen molar-refractivity contribution in [2.75, 3.05) is 6.61 Å². The topological polar surface area (TPSA) is 84.9 Å². The van der Waals surface area contributed by atoms with E-state index in [2.05, 4.69) is 5.32 Å². The molecule has 0 aromatic carbocycles. The van der Waals surface area contributed by atoms with Crippen molar-refractivity contribution < 1.29 is 24.2 Å². The molecule has 1 unspecified atom stereocenters. The molecule has 0 rings (SSSR count). The van der Waals surface area contributed by atoms with Gasteiger partial charge >= 0.3 is 12.1 Å².